The van der Waals surface area contributed by atoms with E-state index in [1.807, 2.05) is 0 Å². The van der Waals surface area contributed by atoms with E-state index in [0.29, 0.717) is 18.8 Å². The Kier molecular flexibility index (Phi) is 5.84. The summed E-state index contributed by atoms with van der Waals surface area (Å²) in [4.78, 5) is 14.6. The molecule has 1 unspecified atom stereocenters. The monoisotopic (exact) mass is 369 g/mol. The van der Waals surface area contributed by atoms with E-state index in [1.54, 1.807) is 6.07 Å². The highest BCUT2D eigenvalue weighted by Crippen LogP contribution is 2.20. The number of hydrogen-bond acceptors (Lipinski definition) is 5. The Morgan fingerprint density at radius 2 is 2.15 bits per heavy atom. The molecule has 1 fully saturated rings. The van der Waals surface area contributed by atoms with Crippen LogP contribution in [-0.2, 0) is 24.2 Å². The van der Waals surface area contributed by atoms with Gasteiger partial charge in [-0.05, 0) is 43.2 Å². The van der Waals surface area contributed by atoms with Crippen LogP contribution >= 0.6 is 0 Å². The number of amides is 1. The van der Waals surface area contributed by atoms with Crippen LogP contribution in [0.3, 0.4) is 0 Å². The second-order valence-electron chi connectivity index (χ2n) is 7.44. The maximum absolute atomic E-state index is 12.3. The topological polar surface area (TPSA) is 67.6 Å². The highest BCUT2D eigenvalue weighted by Gasteiger charge is 2.19. The van der Waals surface area contributed by atoms with Crippen LogP contribution < -0.4 is 5.32 Å². The molecule has 1 atom stereocenters. The maximum atomic E-state index is 12.3. The van der Waals surface area contributed by atoms with E-state index in [1.165, 1.54) is 17.5 Å². The van der Waals surface area contributed by atoms with Crippen LogP contribution in [0.1, 0.15) is 53.1 Å². The van der Waals surface area contributed by atoms with E-state index < -0.39 is 0 Å². The predicted octanol–water partition coefficient (Wildman–Crippen LogP) is 2.92. The molecule has 0 radical (unpaired) electrons. The van der Waals surface area contributed by atoms with Gasteiger partial charge in [0.15, 0.2) is 11.5 Å². The fraction of sp³-hybridized carbons (Fsp3) is 0.524. The number of fused-ring (bicyclic) bond motifs is 1. The summed E-state index contributed by atoms with van der Waals surface area (Å²) in [5.41, 5.74) is 3.14. The molecular formula is C21H27N3O3. The molecule has 1 aromatic carbocycles. The number of rotatable bonds is 6. The summed E-state index contributed by atoms with van der Waals surface area (Å²) >= 11 is 0. The van der Waals surface area contributed by atoms with Crippen LogP contribution in [0, 0.1) is 0 Å². The van der Waals surface area contributed by atoms with Gasteiger partial charge in [-0.15, -0.1) is 0 Å². The highest BCUT2D eigenvalue weighted by atomic mass is 16.5. The Morgan fingerprint density at radius 3 is 3.00 bits per heavy atom. The molecule has 2 aliphatic heterocycles. The normalized spacial score (nSPS) is 20.2. The van der Waals surface area contributed by atoms with Crippen molar-refractivity contribution in [3.63, 3.8) is 0 Å². The summed E-state index contributed by atoms with van der Waals surface area (Å²) in [6.45, 7) is 4.01. The van der Waals surface area contributed by atoms with E-state index in [4.69, 9.17) is 9.26 Å². The van der Waals surface area contributed by atoms with Crippen LogP contribution in [0.5, 0.6) is 0 Å². The number of carbonyl (C=O) groups is 1. The minimum absolute atomic E-state index is 0.176. The molecule has 6 heteroatoms. The van der Waals surface area contributed by atoms with Gasteiger partial charge >= 0.3 is 0 Å². The molecule has 3 heterocycles. The third-order valence-electron chi connectivity index (χ3n) is 5.41. The minimum atomic E-state index is -0.176. The lowest BCUT2D eigenvalue weighted by Crippen LogP contribution is -2.30. The summed E-state index contributed by atoms with van der Waals surface area (Å²) < 4.78 is 11.1. The summed E-state index contributed by atoms with van der Waals surface area (Å²) in [7, 11) is 0. The first-order valence-electron chi connectivity index (χ1n) is 9.92. The molecule has 0 saturated carbocycles. The van der Waals surface area contributed by atoms with E-state index >= 15 is 0 Å². The SMILES string of the molecule is O=C(NCCC1CCCCO1)c1cc(CN2CCc3ccccc3C2)on1. The zero-order valence-corrected chi connectivity index (χ0v) is 15.7. The maximum Gasteiger partial charge on any atom is 0.273 e. The fourth-order valence-electron chi connectivity index (χ4n) is 3.88. The predicted molar refractivity (Wildman–Crippen MR) is 101 cm³/mol. The molecule has 0 spiro atoms. The van der Waals surface area contributed by atoms with Crippen LogP contribution in [0.15, 0.2) is 34.9 Å². The Bertz CT molecular complexity index is 768. The van der Waals surface area contributed by atoms with Gasteiger partial charge in [0, 0.05) is 32.3 Å². The Morgan fingerprint density at radius 1 is 1.26 bits per heavy atom. The summed E-state index contributed by atoms with van der Waals surface area (Å²) in [6, 6.07) is 10.3. The van der Waals surface area contributed by atoms with E-state index in [2.05, 4.69) is 39.6 Å². The smallest absolute Gasteiger partial charge is 0.273 e. The minimum Gasteiger partial charge on any atom is -0.378 e. The molecule has 27 heavy (non-hydrogen) atoms. The van der Waals surface area contributed by atoms with Crippen molar-refractivity contribution in [2.24, 2.45) is 0 Å². The Balaban J connectivity index is 1.25. The Labute approximate surface area is 159 Å². The first kappa shape index (κ1) is 18.2. The molecule has 2 aromatic rings. The van der Waals surface area contributed by atoms with E-state index in [-0.39, 0.29) is 12.0 Å². The van der Waals surface area contributed by atoms with Gasteiger partial charge in [-0.1, -0.05) is 29.4 Å². The first-order chi connectivity index (χ1) is 13.3. The average molecular weight is 369 g/mol. The van der Waals surface area contributed by atoms with Gasteiger partial charge in [0.1, 0.15) is 0 Å². The van der Waals surface area contributed by atoms with Gasteiger partial charge in [-0.25, -0.2) is 0 Å². The summed E-state index contributed by atoms with van der Waals surface area (Å²) in [5.74, 6) is 0.556. The largest absolute Gasteiger partial charge is 0.378 e. The standard InChI is InChI=1S/C21H27N3O3/c25-21(22-10-8-18-7-3-4-12-26-18)20-13-19(27-23-20)15-24-11-9-16-5-1-2-6-17(16)14-24/h1-2,5-6,13,18H,3-4,7-12,14-15H2,(H,22,25). The molecular weight excluding hydrogens is 342 g/mol. The zero-order chi connectivity index (χ0) is 18.5. The molecule has 1 aromatic heterocycles. The van der Waals surface area contributed by atoms with E-state index in [0.717, 1.165) is 51.1 Å². The summed E-state index contributed by atoms with van der Waals surface area (Å²) in [5, 5.41) is 6.87. The number of nitrogens with zero attached hydrogens (tertiary/aromatic N) is 2. The second-order valence-corrected chi connectivity index (χ2v) is 7.44. The zero-order valence-electron chi connectivity index (χ0n) is 15.7. The number of hydrogen-bond donors (Lipinski definition) is 1. The van der Waals surface area contributed by atoms with Crippen molar-refractivity contribution in [1.29, 1.82) is 0 Å². The fourth-order valence-corrected chi connectivity index (χ4v) is 3.88. The lowest BCUT2D eigenvalue weighted by Gasteiger charge is -2.27. The second kappa shape index (κ2) is 8.67. The number of ether oxygens (including phenoxy) is 1. The first-order valence-corrected chi connectivity index (χ1v) is 9.92. The molecule has 1 saturated heterocycles. The van der Waals surface area contributed by atoms with E-state index in [9.17, 15) is 4.79 Å². The number of carbonyl (C=O) groups excluding carboxylic acids is 1. The van der Waals surface area contributed by atoms with Crippen molar-refractivity contribution in [2.45, 2.75) is 51.3 Å². The van der Waals surface area contributed by atoms with Crippen molar-refractivity contribution in [2.75, 3.05) is 19.7 Å². The van der Waals surface area contributed by atoms with Gasteiger partial charge in [-0.3, -0.25) is 9.69 Å². The number of nitrogens with one attached hydrogen (secondary N) is 1. The van der Waals surface area contributed by atoms with Crippen LogP contribution in [0.4, 0.5) is 0 Å². The third kappa shape index (κ3) is 4.76. The molecule has 2 aliphatic rings. The van der Waals surface area contributed by atoms with Crippen molar-refractivity contribution in [3.8, 4) is 0 Å². The van der Waals surface area contributed by atoms with Crippen LogP contribution in [-0.4, -0.2) is 41.8 Å². The quantitative estimate of drug-likeness (QED) is 0.848. The molecule has 1 amide bonds. The van der Waals surface area contributed by atoms with Gasteiger partial charge in [0.25, 0.3) is 5.91 Å². The van der Waals surface area contributed by atoms with Crippen LogP contribution in [0.25, 0.3) is 0 Å². The molecule has 0 bridgehead atoms. The average Bonchev–Trinajstić information content (AvgIpc) is 3.17. The van der Waals surface area contributed by atoms with Gasteiger partial charge in [0.05, 0.1) is 12.6 Å². The number of aromatic nitrogens is 1. The lowest BCUT2D eigenvalue weighted by atomic mass is 10.00. The lowest BCUT2D eigenvalue weighted by molar-refractivity contribution is 0.0117. The van der Waals surface area contributed by atoms with Crippen LogP contribution in [0.2, 0.25) is 0 Å². The highest BCUT2D eigenvalue weighted by molar-refractivity contribution is 5.92. The van der Waals surface area contributed by atoms with Gasteiger partial charge < -0.3 is 14.6 Å². The van der Waals surface area contributed by atoms with Crippen molar-refractivity contribution >= 4 is 5.91 Å². The third-order valence-corrected chi connectivity index (χ3v) is 5.41. The molecule has 0 aliphatic carbocycles. The molecule has 4 rings (SSSR count). The van der Waals surface area contributed by atoms with Crippen molar-refractivity contribution in [3.05, 3.63) is 52.9 Å². The van der Waals surface area contributed by atoms with Crippen molar-refractivity contribution in [1.82, 2.24) is 15.4 Å². The van der Waals surface area contributed by atoms with Gasteiger partial charge in [-0.2, -0.15) is 0 Å². The number of benzene rings is 1. The molecule has 1 N–H and O–H groups in total. The molecule has 6 nitrogen and oxygen atoms in total. The Hall–Kier alpha value is -2.18. The molecule has 144 valence electrons. The van der Waals surface area contributed by atoms with Gasteiger partial charge in [0.2, 0.25) is 0 Å². The summed E-state index contributed by atoms with van der Waals surface area (Å²) in [6.07, 6.45) is 5.61. The van der Waals surface area contributed by atoms with Crippen molar-refractivity contribution < 1.29 is 14.1 Å².